The molecule has 124 valence electrons. The molecule has 1 spiro atoms. The van der Waals surface area contributed by atoms with Gasteiger partial charge in [-0.1, -0.05) is 12.2 Å². The van der Waals surface area contributed by atoms with Gasteiger partial charge in [0.25, 0.3) is 0 Å². The van der Waals surface area contributed by atoms with Crippen LogP contribution in [0.3, 0.4) is 0 Å². The number of Topliss-reactive ketones (excluding diaryl/α,β-unsaturated/α-hetero) is 1. The Morgan fingerprint density at radius 2 is 2.09 bits per heavy atom. The summed E-state index contributed by atoms with van der Waals surface area (Å²) in [4.78, 5) is 14.7. The van der Waals surface area contributed by atoms with Crippen molar-refractivity contribution < 1.29 is 9.18 Å². The summed E-state index contributed by atoms with van der Waals surface area (Å²) >= 11 is 0. The molecule has 0 bridgehead atoms. The molecule has 1 heterocycles. The molecule has 1 aliphatic heterocycles. The third-order valence-corrected chi connectivity index (χ3v) is 5.82. The lowest BCUT2D eigenvalue weighted by atomic mass is 9.84. The van der Waals surface area contributed by atoms with Gasteiger partial charge < -0.3 is 4.90 Å². The minimum atomic E-state index is -0.289. The fourth-order valence-corrected chi connectivity index (χ4v) is 4.49. The van der Waals surface area contributed by atoms with E-state index in [2.05, 4.69) is 17.1 Å². The molecule has 0 radical (unpaired) electrons. The van der Waals surface area contributed by atoms with Crippen LogP contribution in [0, 0.1) is 23.1 Å². The van der Waals surface area contributed by atoms with Crippen LogP contribution >= 0.6 is 12.4 Å². The Kier molecular flexibility index (Phi) is 4.61. The van der Waals surface area contributed by atoms with Crippen LogP contribution in [0.25, 0.3) is 0 Å². The predicted molar refractivity (Wildman–Crippen MR) is 91.4 cm³/mol. The Hall–Kier alpha value is -1.19. The largest absolute Gasteiger partial charge is 0.302 e. The molecule has 1 aromatic rings. The van der Waals surface area contributed by atoms with Gasteiger partial charge in [0.1, 0.15) is 5.82 Å². The second-order valence-corrected chi connectivity index (χ2v) is 7.17. The summed E-state index contributed by atoms with van der Waals surface area (Å²) in [6.07, 6.45) is 8.85. The lowest BCUT2D eigenvalue weighted by molar-refractivity contribution is 0.0976. The molecule has 3 unspecified atom stereocenters. The molecule has 2 fully saturated rings. The Morgan fingerprint density at radius 3 is 2.83 bits per heavy atom. The molecular weight excluding hydrogens is 313 g/mol. The standard InChI is InChI=1S/C19H22FNO.ClH/c20-17-8-6-14(7-9-17)18(22)5-2-10-21-12-16-4-1-3-15-11-19(15,16)13-21;/h1,3,6-9,15-16H,2,4-5,10-13H2;1H. The molecule has 1 saturated heterocycles. The number of halogens is 2. The lowest BCUT2D eigenvalue weighted by Crippen LogP contribution is -2.23. The molecular formula is C19H23ClFNO. The van der Waals surface area contributed by atoms with Crippen LogP contribution in [-0.4, -0.2) is 30.3 Å². The summed E-state index contributed by atoms with van der Waals surface area (Å²) in [6, 6.07) is 5.89. The van der Waals surface area contributed by atoms with Gasteiger partial charge in [-0.2, -0.15) is 0 Å². The Labute approximate surface area is 143 Å². The number of rotatable bonds is 5. The van der Waals surface area contributed by atoms with Crippen LogP contribution in [0.5, 0.6) is 0 Å². The summed E-state index contributed by atoms with van der Waals surface area (Å²) in [5, 5.41) is 0. The Bertz CT molecular complexity index is 614. The van der Waals surface area contributed by atoms with Crippen molar-refractivity contribution in [2.75, 3.05) is 19.6 Å². The summed E-state index contributed by atoms with van der Waals surface area (Å²) in [5.41, 5.74) is 1.22. The minimum Gasteiger partial charge on any atom is -0.302 e. The fourth-order valence-electron chi connectivity index (χ4n) is 4.49. The molecule has 2 nitrogen and oxygen atoms in total. The fraction of sp³-hybridized carbons (Fsp3) is 0.526. The van der Waals surface area contributed by atoms with E-state index in [1.807, 2.05) is 0 Å². The van der Waals surface area contributed by atoms with Crippen molar-refractivity contribution in [3.05, 3.63) is 47.8 Å². The van der Waals surface area contributed by atoms with Gasteiger partial charge in [0.05, 0.1) is 0 Å². The van der Waals surface area contributed by atoms with Gasteiger partial charge in [0.2, 0.25) is 0 Å². The van der Waals surface area contributed by atoms with E-state index in [0.29, 0.717) is 17.4 Å². The highest BCUT2D eigenvalue weighted by molar-refractivity contribution is 5.95. The van der Waals surface area contributed by atoms with Crippen molar-refractivity contribution in [3.8, 4) is 0 Å². The van der Waals surface area contributed by atoms with Crippen LogP contribution in [-0.2, 0) is 0 Å². The smallest absolute Gasteiger partial charge is 0.162 e. The number of allylic oxidation sites excluding steroid dienone is 2. The van der Waals surface area contributed by atoms with Crippen molar-refractivity contribution in [3.63, 3.8) is 0 Å². The van der Waals surface area contributed by atoms with Gasteiger partial charge in [-0.15, -0.1) is 12.4 Å². The molecule has 4 rings (SSSR count). The van der Waals surface area contributed by atoms with Gasteiger partial charge in [0, 0.05) is 25.1 Å². The number of ketones is 1. The van der Waals surface area contributed by atoms with Gasteiger partial charge in [-0.05, 0) is 67.3 Å². The highest BCUT2D eigenvalue weighted by Gasteiger charge is 2.62. The van der Waals surface area contributed by atoms with E-state index in [4.69, 9.17) is 0 Å². The molecule has 1 aromatic carbocycles. The van der Waals surface area contributed by atoms with Crippen molar-refractivity contribution in [2.24, 2.45) is 17.3 Å². The van der Waals surface area contributed by atoms with Crippen LogP contribution in [0.15, 0.2) is 36.4 Å². The third-order valence-electron chi connectivity index (χ3n) is 5.82. The second-order valence-electron chi connectivity index (χ2n) is 7.17. The minimum absolute atomic E-state index is 0. The first-order valence-corrected chi connectivity index (χ1v) is 8.35. The summed E-state index contributed by atoms with van der Waals surface area (Å²) < 4.78 is 12.9. The van der Waals surface area contributed by atoms with Gasteiger partial charge in [-0.3, -0.25) is 4.79 Å². The first-order chi connectivity index (χ1) is 10.7. The molecule has 2 aliphatic carbocycles. The number of hydrogen-bond acceptors (Lipinski definition) is 2. The van der Waals surface area contributed by atoms with Gasteiger partial charge in [-0.25, -0.2) is 4.39 Å². The molecule has 23 heavy (non-hydrogen) atoms. The van der Waals surface area contributed by atoms with Crippen molar-refractivity contribution in [1.82, 2.24) is 4.90 Å². The Balaban J connectivity index is 0.00000156. The first kappa shape index (κ1) is 16.7. The molecule has 0 aromatic heterocycles. The number of hydrogen-bond donors (Lipinski definition) is 0. The number of carbonyl (C=O) groups is 1. The second kappa shape index (κ2) is 6.37. The maximum Gasteiger partial charge on any atom is 0.162 e. The van der Waals surface area contributed by atoms with E-state index in [-0.39, 0.29) is 24.0 Å². The molecule has 1 saturated carbocycles. The number of likely N-dealkylation sites (tertiary alicyclic amines) is 1. The zero-order valence-electron chi connectivity index (χ0n) is 13.2. The van der Waals surface area contributed by atoms with Crippen molar-refractivity contribution >= 4 is 18.2 Å². The van der Waals surface area contributed by atoms with Gasteiger partial charge in [0.15, 0.2) is 5.78 Å². The molecule has 0 amide bonds. The van der Waals surface area contributed by atoms with E-state index < -0.39 is 0 Å². The normalized spacial score (nSPS) is 31.2. The van der Waals surface area contributed by atoms with Crippen LogP contribution in [0.2, 0.25) is 0 Å². The number of carbonyl (C=O) groups excluding carboxylic acids is 1. The maximum atomic E-state index is 12.9. The quantitative estimate of drug-likeness (QED) is 0.596. The van der Waals surface area contributed by atoms with E-state index >= 15 is 0 Å². The Morgan fingerprint density at radius 1 is 1.30 bits per heavy atom. The summed E-state index contributed by atoms with van der Waals surface area (Å²) in [6.45, 7) is 3.43. The zero-order valence-corrected chi connectivity index (χ0v) is 14.0. The predicted octanol–water partition coefficient (Wildman–Crippen LogP) is 4.11. The topological polar surface area (TPSA) is 20.3 Å². The average molecular weight is 336 g/mol. The number of benzene rings is 1. The van der Waals surface area contributed by atoms with Crippen LogP contribution in [0.4, 0.5) is 4.39 Å². The SMILES string of the molecule is Cl.O=C(CCCN1CC2CC=CC3CC32C1)c1ccc(F)cc1. The van der Waals surface area contributed by atoms with E-state index in [9.17, 15) is 9.18 Å². The summed E-state index contributed by atoms with van der Waals surface area (Å²) in [5.74, 6) is 1.51. The lowest BCUT2D eigenvalue weighted by Gasteiger charge is -2.19. The molecule has 0 N–H and O–H groups in total. The highest BCUT2D eigenvalue weighted by atomic mass is 35.5. The van der Waals surface area contributed by atoms with Crippen LogP contribution in [0.1, 0.15) is 36.0 Å². The van der Waals surface area contributed by atoms with E-state index in [1.54, 1.807) is 12.1 Å². The third kappa shape index (κ3) is 3.09. The number of nitrogens with zero attached hydrogens (tertiary/aromatic N) is 1. The molecule has 3 aliphatic rings. The molecule has 3 atom stereocenters. The highest BCUT2D eigenvalue weighted by Crippen LogP contribution is 2.64. The van der Waals surface area contributed by atoms with E-state index in [1.165, 1.54) is 38.1 Å². The van der Waals surface area contributed by atoms with Gasteiger partial charge >= 0.3 is 0 Å². The van der Waals surface area contributed by atoms with Crippen LogP contribution < -0.4 is 0 Å². The van der Waals surface area contributed by atoms with E-state index in [0.717, 1.165) is 24.8 Å². The monoisotopic (exact) mass is 335 g/mol. The molecule has 4 heteroatoms. The van der Waals surface area contributed by atoms with Crippen molar-refractivity contribution in [2.45, 2.75) is 25.7 Å². The van der Waals surface area contributed by atoms with Crippen molar-refractivity contribution in [1.29, 1.82) is 0 Å². The average Bonchev–Trinajstić information content (AvgIpc) is 3.11. The first-order valence-electron chi connectivity index (χ1n) is 8.35. The zero-order chi connectivity index (χ0) is 15.2. The summed E-state index contributed by atoms with van der Waals surface area (Å²) in [7, 11) is 0. The maximum absolute atomic E-state index is 12.9.